The summed E-state index contributed by atoms with van der Waals surface area (Å²) in [5.41, 5.74) is 0. The van der Waals surface area contributed by atoms with Gasteiger partial charge in [-0.2, -0.15) is 0 Å². The summed E-state index contributed by atoms with van der Waals surface area (Å²) in [5, 5.41) is 0. The predicted octanol–water partition coefficient (Wildman–Crippen LogP) is 18.1. The minimum Gasteiger partial charge on any atom is -0.462 e. The van der Waals surface area contributed by atoms with Gasteiger partial charge in [0.05, 0.1) is 6.42 Å². The summed E-state index contributed by atoms with van der Waals surface area (Å²) in [6.45, 7) is 6.32. The Balaban J connectivity index is 4.49. The van der Waals surface area contributed by atoms with Gasteiger partial charge in [0.15, 0.2) is 6.10 Å². The molecular formula is C60H100O6. The summed E-state index contributed by atoms with van der Waals surface area (Å²) in [7, 11) is 0. The third-order valence-corrected chi connectivity index (χ3v) is 11.4. The molecule has 0 aliphatic carbocycles. The maximum absolute atomic E-state index is 12.8. The monoisotopic (exact) mass is 917 g/mol. The van der Waals surface area contributed by atoms with Gasteiger partial charge in [-0.25, -0.2) is 0 Å². The van der Waals surface area contributed by atoms with Gasteiger partial charge in [0, 0.05) is 12.8 Å². The first-order valence-corrected chi connectivity index (χ1v) is 27.2. The summed E-state index contributed by atoms with van der Waals surface area (Å²) < 4.78 is 16.7. The zero-order valence-electron chi connectivity index (χ0n) is 42.9. The third-order valence-electron chi connectivity index (χ3n) is 11.4. The van der Waals surface area contributed by atoms with E-state index < -0.39 is 12.1 Å². The molecule has 0 radical (unpaired) electrons. The summed E-state index contributed by atoms with van der Waals surface area (Å²) in [6.07, 6.45) is 71.4. The molecule has 66 heavy (non-hydrogen) atoms. The Morgan fingerprint density at radius 2 is 0.636 bits per heavy atom. The molecule has 0 aromatic heterocycles. The van der Waals surface area contributed by atoms with Crippen molar-refractivity contribution in [2.75, 3.05) is 13.2 Å². The van der Waals surface area contributed by atoms with Gasteiger partial charge in [0.1, 0.15) is 13.2 Å². The van der Waals surface area contributed by atoms with E-state index in [0.29, 0.717) is 12.8 Å². The quantitative estimate of drug-likeness (QED) is 0.0262. The predicted molar refractivity (Wildman–Crippen MR) is 284 cm³/mol. The van der Waals surface area contributed by atoms with E-state index in [1.165, 1.54) is 96.3 Å². The summed E-state index contributed by atoms with van der Waals surface area (Å²) in [5.74, 6) is -1.07. The zero-order valence-corrected chi connectivity index (χ0v) is 42.9. The first-order chi connectivity index (χ1) is 32.5. The topological polar surface area (TPSA) is 78.9 Å². The highest BCUT2D eigenvalue weighted by Gasteiger charge is 2.19. The van der Waals surface area contributed by atoms with Crippen LogP contribution in [0.4, 0.5) is 0 Å². The average Bonchev–Trinajstić information content (AvgIpc) is 3.31. The average molecular weight is 917 g/mol. The molecule has 0 saturated carbocycles. The number of hydrogen-bond donors (Lipinski definition) is 0. The molecule has 0 N–H and O–H groups in total. The minimum absolute atomic E-state index is 0.0923. The van der Waals surface area contributed by atoms with Crippen molar-refractivity contribution in [3.05, 3.63) is 97.2 Å². The van der Waals surface area contributed by atoms with Crippen molar-refractivity contribution in [1.82, 2.24) is 0 Å². The fourth-order valence-electron chi connectivity index (χ4n) is 7.36. The highest BCUT2D eigenvalue weighted by Crippen LogP contribution is 2.15. The molecule has 0 rings (SSSR count). The van der Waals surface area contributed by atoms with Gasteiger partial charge < -0.3 is 14.2 Å². The molecule has 6 nitrogen and oxygen atoms in total. The molecule has 0 amide bonds. The van der Waals surface area contributed by atoms with Gasteiger partial charge in [-0.1, -0.05) is 246 Å². The van der Waals surface area contributed by atoms with Gasteiger partial charge in [-0.3, -0.25) is 14.4 Å². The van der Waals surface area contributed by atoms with E-state index in [2.05, 4.69) is 106 Å². The van der Waals surface area contributed by atoms with Crippen LogP contribution in [0.5, 0.6) is 0 Å². The second-order valence-corrected chi connectivity index (χ2v) is 17.8. The summed E-state index contributed by atoms with van der Waals surface area (Å²) in [4.78, 5) is 38.0. The van der Waals surface area contributed by atoms with Crippen LogP contribution in [0, 0.1) is 0 Å². The normalized spacial score (nSPS) is 12.8. The van der Waals surface area contributed by atoms with Crippen LogP contribution >= 0.6 is 0 Å². The number of hydrogen-bond acceptors (Lipinski definition) is 6. The lowest BCUT2D eigenvalue weighted by atomic mass is 10.0. The standard InChI is InChI=1S/C60H100O6/c1-4-7-10-13-16-19-22-25-28-29-30-33-35-38-41-44-47-50-53-59(62)65-56-57(66-60(63)54-51-48-45-42-39-36-32-27-24-21-18-15-12-9-6-3)55-64-58(61)52-49-46-43-40-37-34-31-26-23-20-17-14-11-8-5-2/h8-9,11-12,17-18,20-21,26-27,31-32,39,42,48,51,57H,4-7,10,13-16,19,22-25,28-30,33-38,40-41,43-47,49-50,52-56H2,1-3H3/b11-8-,12-9-,20-17-,21-18-,31-26-,32-27-,42-39-,51-48-. The Morgan fingerprint density at radius 3 is 1.00 bits per heavy atom. The molecule has 0 heterocycles. The number of unbranched alkanes of at least 4 members (excludes halogenated alkanes) is 22. The van der Waals surface area contributed by atoms with Crippen molar-refractivity contribution >= 4 is 17.9 Å². The maximum Gasteiger partial charge on any atom is 0.310 e. The lowest BCUT2D eigenvalue weighted by molar-refractivity contribution is -0.166. The Hall–Kier alpha value is -3.67. The maximum atomic E-state index is 12.8. The van der Waals surface area contributed by atoms with Crippen LogP contribution in [0.2, 0.25) is 0 Å². The molecule has 6 heteroatoms. The number of carbonyl (C=O) groups is 3. The highest BCUT2D eigenvalue weighted by molar-refractivity contribution is 5.72. The molecule has 0 spiro atoms. The lowest BCUT2D eigenvalue weighted by Crippen LogP contribution is -2.30. The largest absolute Gasteiger partial charge is 0.462 e. The first kappa shape index (κ1) is 62.3. The third kappa shape index (κ3) is 51.3. The Kier molecular flexibility index (Phi) is 50.9. The van der Waals surface area contributed by atoms with Crippen molar-refractivity contribution in [2.45, 2.75) is 252 Å². The van der Waals surface area contributed by atoms with Crippen molar-refractivity contribution in [1.29, 1.82) is 0 Å². The van der Waals surface area contributed by atoms with E-state index in [1.807, 2.05) is 6.08 Å². The van der Waals surface area contributed by atoms with Gasteiger partial charge in [-0.15, -0.1) is 0 Å². The summed E-state index contributed by atoms with van der Waals surface area (Å²) >= 11 is 0. The Morgan fingerprint density at radius 1 is 0.333 bits per heavy atom. The van der Waals surface area contributed by atoms with Crippen LogP contribution in [0.1, 0.15) is 245 Å². The van der Waals surface area contributed by atoms with E-state index in [4.69, 9.17) is 14.2 Å². The van der Waals surface area contributed by atoms with E-state index in [-0.39, 0.29) is 31.6 Å². The molecular weight excluding hydrogens is 817 g/mol. The van der Waals surface area contributed by atoms with E-state index in [0.717, 1.165) is 109 Å². The fourth-order valence-corrected chi connectivity index (χ4v) is 7.36. The molecule has 0 aliphatic heterocycles. The van der Waals surface area contributed by atoms with Crippen LogP contribution in [-0.2, 0) is 28.6 Å². The molecule has 0 aromatic carbocycles. The van der Waals surface area contributed by atoms with Crippen molar-refractivity contribution in [3.63, 3.8) is 0 Å². The SMILES string of the molecule is CC/C=C\C/C=C\C/C=C\C/C=C\C/C=C\CC(=O)OC(COC(=O)CCCCCCC/C=C\C/C=C\C/C=C\CC)COC(=O)CCCCCCCCCCCCCCCCCCCC. The Labute approximate surface area is 407 Å². The first-order valence-electron chi connectivity index (χ1n) is 27.2. The Bertz CT molecular complexity index is 1330. The second kappa shape index (κ2) is 53.9. The van der Waals surface area contributed by atoms with Crippen LogP contribution < -0.4 is 0 Å². The van der Waals surface area contributed by atoms with E-state index in [9.17, 15) is 14.4 Å². The smallest absolute Gasteiger partial charge is 0.310 e. The van der Waals surface area contributed by atoms with Crippen molar-refractivity contribution in [3.8, 4) is 0 Å². The van der Waals surface area contributed by atoms with E-state index >= 15 is 0 Å². The van der Waals surface area contributed by atoms with Gasteiger partial charge in [0.2, 0.25) is 0 Å². The van der Waals surface area contributed by atoms with Gasteiger partial charge in [0.25, 0.3) is 0 Å². The highest BCUT2D eigenvalue weighted by atomic mass is 16.6. The van der Waals surface area contributed by atoms with Crippen molar-refractivity contribution < 1.29 is 28.6 Å². The summed E-state index contributed by atoms with van der Waals surface area (Å²) in [6, 6.07) is 0. The lowest BCUT2D eigenvalue weighted by Gasteiger charge is -2.18. The molecule has 0 bridgehead atoms. The minimum atomic E-state index is -0.838. The van der Waals surface area contributed by atoms with E-state index in [1.54, 1.807) is 6.08 Å². The van der Waals surface area contributed by atoms with Crippen LogP contribution in [0.25, 0.3) is 0 Å². The molecule has 0 aromatic rings. The van der Waals surface area contributed by atoms with Crippen LogP contribution in [0.15, 0.2) is 97.2 Å². The number of esters is 3. The number of ether oxygens (including phenoxy) is 3. The number of carbonyl (C=O) groups excluding carboxylic acids is 3. The number of allylic oxidation sites excluding steroid dienone is 15. The fraction of sp³-hybridized carbons (Fsp3) is 0.683. The van der Waals surface area contributed by atoms with Crippen LogP contribution in [0.3, 0.4) is 0 Å². The molecule has 1 atom stereocenters. The molecule has 0 aliphatic rings. The number of rotatable bonds is 48. The molecule has 0 fully saturated rings. The molecule has 1 unspecified atom stereocenters. The van der Waals surface area contributed by atoms with Gasteiger partial charge in [-0.05, 0) is 77.0 Å². The molecule has 0 saturated heterocycles. The second-order valence-electron chi connectivity index (χ2n) is 17.8. The molecule has 376 valence electrons. The zero-order chi connectivity index (χ0) is 47.9. The van der Waals surface area contributed by atoms with Gasteiger partial charge >= 0.3 is 17.9 Å². The van der Waals surface area contributed by atoms with Crippen molar-refractivity contribution in [2.24, 2.45) is 0 Å². The van der Waals surface area contributed by atoms with Crippen LogP contribution in [-0.4, -0.2) is 37.2 Å².